The highest BCUT2D eigenvalue weighted by atomic mass is 35.5. The zero-order valence-corrected chi connectivity index (χ0v) is 10.3. The highest BCUT2D eigenvalue weighted by Gasteiger charge is 2.16. The van der Waals surface area contributed by atoms with Crippen LogP contribution in [-0.4, -0.2) is 9.97 Å². The molecule has 0 fully saturated rings. The Balaban J connectivity index is 2.13. The summed E-state index contributed by atoms with van der Waals surface area (Å²) in [6, 6.07) is 7.65. The zero-order valence-electron chi connectivity index (χ0n) is 9.50. The molecule has 0 radical (unpaired) electrons. The fourth-order valence-corrected chi connectivity index (χ4v) is 2.28. The van der Waals surface area contributed by atoms with E-state index in [1.807, 2.05) is 31.2 Å². The molecule has 0 aliphatic carbocycles. The Labute approximate surface area is 105 Å². The molecule has 2 aromatic rings. The van der Waals surface area contributed by atoms with Crippen LogP contribution in [0.25, 0.3) is 11.4 Å². The zero-order chi connectivity index (χ0) is 11.8. The molecule has 0 spiro atoms. The van der Waals surface area contributed by atoms with Crippen LogP contribution in [-0.2, 0) is 13.1 Å². The Hall–Kier alpha value is -1.45. The lowest BCUT2D eigenvalue weighted by Gasteiger charge is -2.06. The number of aryl methyl sites for hydroxylation is 1. The molecular formula is C13H12ClN3. The van der Waals surface area contributed by atoms with Gasteiger partial charge in [0.25, 0.3) is 0 Å². The first-order valence-electron chi connectivity index (χ1n) is 5.57. The molecule has 1 aromatic carbocycles. The van der Waals surface area contributed by atoms with Gasteiger partial charge in [-0.05, 0) is 19.1 Å². The SMILES string of the molecule is Cc1nc(-c2cccc(Cl)c2)nc2c1CNC2. The second kappa shape index (κ2) is 4.09. The molecule has 3 rings (SSSR count). The topological polar surface area (TPSA) is 37.8 Å². The van der Waals surface area contributed by atoms with E-state index >= 15 is 0 Å². The maximum atomic E-state index is 5.98. The molecule has 2 heterocycles. The van der Waals surface area contributed by atoms with Gasteiger partial charge >= 0.3 is 0 Å². The van der Waals surface area contributed by atoms with Gasteiger partial charge in [-0.15, -0.1) is 0 Å². The minimum absolute atomic E-state index is 0.711. The van der Waals surface area contributed by atoms with E-state index in [1.165, 1.54) is 5.56 Å². The number of nitrogens with one attached hydrogen (secondary N) is 1. The molecule has 0 atom stereocenters. The van der Waals surface area contributed by atoms with E-state index in [0.717, 1.165) is 35.9 Å². The van der Waals surface area contributed by atoms with Gasteiger partial charge in [-0.3, -0.25) is 0 Å². The summed E-state index contributed by atoms with van der Waals surface area (Å²) < 4.78 is 0. The van der Waals surface area contributed by atoms with Crippen LogP contribution >= 0.6 is 11.6 Å². The van der Waals surface area contributed by atoms with Gasteiger partial charge in [0.05, 0.1) is 5.69 Å². The van der Waals surface area contributed by atoms with E-state index in [0.29, 0.717) is 5.02 Å². The van der Waals surface area contributed by atoms with Crippen LogP contribution in [0.3, 0.4) is 0 Å². The monoisotopic (exact) mass is 245 g/mol. The maximum absolute atomic E-state index is 5.98. The average molecular weight is 246 g/mol. The largest absolute Gasteiger partial charge is 0.307 e. The summed E-state index contributed by atoms with van der Waals surface area (Å²) in [6.07, 6.45) is 0. The van der Waals surface area contributed by atoms with Crippen molar-refractivity contribution in [1.29, 1.82) is 0 Å². The molecule has 0 bridgehead atoms. The first-order valence-corrected chi connectivity index (χ1v) is 5.95. The lowest BCUT2D eigenvalue weighted by molar-refractivity contribution is 0.757. The van der Waals surface area contributed by atoms with E-state index in [2.05, 4.69) is 15.3 Å². The van der Waals surface area contributed by atoms with Crippen molar-refractivity contribution < 1.29 is 0 Å². The van der Waals surface area contributed by atoms with Crippen molar-refractivity contribution in [1.82, 2.24) is 15.3 Å². The number of halogens is 1. The Morgan fingerprint density at radius 1 is 1.24 bits per heavy atom. The summed E-state index contributed by atoms with van der Waals surface area (Å²) in [5.41, 5.74) is 4.36. The van der Waals surface area contributed by atoms with Crippen LogP contribution in [0.4, 0.5) is 0 Å². The number of fused-ring (bicyclic) bond motifs is 1. The summed E-state index contributed by atoms with van der Waals surface area (Å²) in [6.45, 7) is 3.73. The Morgan fingerprint density at radius 2 is 2.12 bits per heavy atom. The van der Waals surface area contributed by atoms with E-state index in [-0.39, 0.29) is 0 Å². The number of hydrogen-bond acceptors (Lipinski definition) is 3. The first-order chi connectivity index (χ1) is 8.24. The highest BCUT2D eigenvalue weighted by molar-refractivity contribution is 6.30. The average Bonchev–Trinajstić information content (AvgIpc) is 2.77. The van der Waals surface area contributed by atoms with Crippen molar-refractivity contribution in [2.75, 3.05) is 0 Å². The summed E-state index contributed by atoms with van der Waals surface area (Å²) in [7, 11) is 0. The van der Waals surface area contributed by atoms with Gasteiger partial charge in [0.2, 0.25) is 0 Å². The third-order valence-electron chi connectivity index (χ3n) is 2.98. The Bertz CT molecular complexity index is 581. The predicted molar refractivity (Wildman–Crippen MR) is 67.8 cm³/mol. The van der Waals surface area contributed by atoms with Crippen molar-refractivity contribution in [3.8, 4) is 11.4 Å². The number of benzene rings is 1. The predicted octanol–water partition coefficient (Wildman–Crippen LogP) is 2.71. The summed E-state index contributed by atoms with van der Waals surface area (Å²) in [5, 5.41) is 4.00. The standard InChI is InChI=1S/C13H12ClN3/c1-8-11-6-15-7-12(11)17-13(16-8)9-3-2-4-10(14)5-9/h2-5,15H,6-7H2,1H3. The van der Waals surface area contributed by atoms with Crippen molar-refractivity contribution in [2.24, 2.45) is 0 Å². The van der Waals surface area contributed by atoms with Gasteiger partial charge in [-0.25, -0.2) is 9.97 Å². The number of hydrogen-bond donors (Lipinski definition) is 1. The molecule has 1 aliphatic rings. The molecule has 0 saturated heterocycles. The van der Waals surface area contributed by atoms with Gasteiger partial charge in [0, 0.05) is 34.9 Å². The van der Waals surface area contributed by atoms with Gasteiger partial charge in [-0.2, -0.15) is 0 Å². The van der Waals surface area contributed by atoms with E-state index < -0.39 is 0 Å². The molecule has 0 unspecified atom stereocenters. The van der Waals surface area contributed by atoms with Crippen LogP contribution in [0.15, 0.2) is 24.3 Å². The molecule has 86 valence electrons. The molecule has 1 aromatic heterocycles. The molecular weight excluding hydrogens is 234 g/mol. The van der Waals surface area contributed by atoms with Crippen LogP contribution < -0.4 is 5.32 Å². The third kappa shape index (κ3) is 1.92. The molecule has 3 nitrogen and oxygen atoms in total. The minimum atomic E-state index is 0.711. The minimum Gasteiger partial charge on any atom is -0.307 e. The molecule has 0 amide bonds. The summed E-state index contributed by atoms with van der Waals surface area (Å²) in [5.74, 6) is 0.757. The summed E-state index contributed by atoms with van der Waals surface area (Å²) >= 11 is 5.98. The van der Waals surface area contributed by atoms with E-state index in [9.17, 15) is 0 Å². The molecule has 4 heteroatoms. The highest BCUT2D eigenvalue weighted by Crippen LogP contribution is 2.23. The van der Waals surface area contributed by atoms with Crippen molar-refractivity contribution in [3.05, 3.63) is 46.2 Å². The van der Waals surface area contributed by atoms with Gasteiger partial charge < -0.3 is 5.32 Å². The Morgan fingerprint density at radius 3 is 2.94 bits per heavy atom. The number of aromatic nitrogens is 2. The van der Waals surface area contributed by atoms with Gasteiger partial charge in [-0.1, -0.05) is 23.7 Å². The third-order valence-corrected chi connectivity index (χ3v) is 3.21. The van der Waals surface area contributed by atoms with Gasteiger partial charge in [0.15, 0.2) is 5.82 Å². The molecule has 1 aliphatic heterocycles. The van der Waals surface area contributed by atoms with Crippen LogP contribution in [0.2, 0.25) is 5.02 Å². The normalized spacial score (nSPS) is 13.8. The molecule has 0 saturated carbocycles. The lowest BCUT2D eigenvalue weighted by Crippen LogP contribution is -2.00. The smallest absolute Gasteiger partial charge is 0.159 e. The fourth-order valence-electron chi connectivity index (χ4n) is 2.09. The maximum Gasteiger partial charge on any atom is 0.159 e. The van der Waals surface area contributed by atoms with Crippen molar-refractivity contribution in [2.45, 2.75) is 20.0 Å². The van der Waals surface area contributed by atoms with Crippen molar-refractivity contribution in [3.63, 3.8) is 0 Å². The van der Waals surface area contributed by atoms with E-state index in [4.69, 9.17) is 11.6 Å². The van der Waals surface area contributed by atoms with Gasteiger partial charge in [0.1, 0.15) is 0 Å². The van der Waals surface area contributed by atoms with Crippen molar-refractivity contribution >= 4 is 11.6 Å². The molecule has 1 N–H and O–H groups in total. The second-order valence-corrected chi connectivity index (χ2v) is 4.61. The summed E-state index contributed by atoms with van der Waals surface area (Å²) in [4.78, 5) is 9.14. The lowest BCUT2D eigenvalue weighted by atomic mass is 10.1. The fraction of sp³-hybridized carbons (Fsp3) is 0.231. The first kappa shape index (κ1) is 10.7. The van der Waals surface area contributed by atoms with Crippen LogP contribution in [0.5, 0.6) is 0 Å². The van der Waals surface area contributed by atoms with Crippen LogP contribution in [0.1, 0.15) is 17.0 Å². The quantitative estimate of drug-likeness (QED) is 0.840. The second-order valence-electron chi connectivity index (χ2n) is 4.17. The Kier molecular flexibility index (Phi) is 2.57. The van der Waals surface area contributed by atoms with Crippen LogP contribution in [0, 0.1) is 6.92 Å². The molecule has 17 heavy (non-hydrogen) atoms. The number of nitrogens with zero attached hydrogens (tertiary/aromatic N) is 2. The van der Waals surface area contributed by atoms with E-state index in [1.54, 1.807) is 0 Å². The number of rotatable bonds is 1.